The lowest BCUT2D eigenvalue weighted by molar-refractivity contribution is 0.0435. The highest BCUT2D eigenvalue weighted by atomic mass is 16.5. The number of fused-ring (bicyclic) bond motifs is 1. The molecule has 0 saturated heterocycles. The molecule has 0 aromatic heterocycles. The number of ether oxygens (including phenoxy) is 2. The van der Waals surface area contributed by atoms with Gasteiger partial charge in [0.1, 0.15) is 17.1 Å². The van der Waals surface area contributed by atoms with E-state index >= 15 is 0 Å². The van der Waals surface area contributed by atoms with E-state index < -0.39 is 0 Å². The summed E-state index contributed by atoms with van der Waals surface area (Å²) in [5.74, 6) is 2.55. The van der Waals surface area contributed by atoms with Crippen molar-refractivity contribution in [2.75, 3.05) is 6.54 Å². The minimum Gasteiger partial charge on any atom is -0.491 e. The first-order valence-corrected chi connectivity index (χ1v) is 8.56. The van der Waals surface area contributed by atoms with E-state index in [1.54, 1.807) is 0 Å². The molecule has 0 saturated carbocycles. The summed E-state index contributed by atoms with van der Waals surface area (Å²) < 4.78 is 12.1. The Hall–Kier alpha value is -1.22. The lowest BCUT2D eigenvalue weighted by Gasteiger charge is -2.40. The minimum absolute atomic E-state index is 0.0952. The molecule has 1 N–H and O–H groups in total. The molecular weight excluding hydrogens is 274 g/mol. The van der Waals surface area contributed by atoms with E-state index in [9.17, 15) is 0 Å². The van der Waals surface area contributed by atoms with Crippen LogP contribution in [-0.2, 0) is 0 Å². The van der Waals surface area contributed by atoms with Crippen LogP contribution in [0.3, 0.4) is 0 Å². The first-order chi connectivity index (χ1) is 10.3. The van der Waals surface area contributed by atoms with Gasteiger partial charge >= 0.3 is 0 Å². The van der Waals surface area contributed by atoms with Crippen LogP contribution in [0, 0.1) is 5.92 Å². The van der Waals surface area contributed by atoms with Gasteiger partial charge in [0, 0.05) is 18.0 Å². The fourth-order valence-corrected chi connectivity index (χ4v) is 2.86. The van der Waals surface area contributed by atoms with Crippen molar-refractivity contribution in [2.45, 2.75) is 72.1 Å². The maximum atomic E-state index is 6.27. The van der Waals surface area contributed by atoms with Gasteiger partial charge in [0.05, 0.1) is 6.10 Å². The van der Waals surface area contributed by atoms with E-state index in [0.717, 1.165) is 30.9 Å². The lowest BCUT2D eigenvalue weighted by Crippen LogP contribution is -2.42. The Balaban J connectivity index is 2.29. The largest absolute Gasteiger partial charge is 0.491 e. The molecule has 1 aliphatic rings. The van der Waals surface area contributed by atoms with Gasteiger partial charge in [-0.1, -0.05) is 20.8 Å². The maximum absolute atomic E-state index is 6.27. The van der Waals surface area contributed by atoms with Crippen molar-refractivity contribution >= 4 is 0 Å². The van der Waals surface area contributed by atoms with Gasteiger partial charge in [-0.3, -0.25) is 0 Å². The van der Waals surface area contributed by atoms with Crippen LogP contribution < -0.4 is 14.8 Å². The summed E-state index contributed by atoms with van der Waals surface area (Å²) >= 11 is 0. The van der Waals surface area contributed by atoms with Gasteiger partial charge in [-0.2, -0.15) is 0 Å². The molecule has 2 atom stereocenters. The number of benzene rings is 1. The van der Waals surface area contributed by atoms with E-state index in [4.69, 9.17) is 9.47 Å². The van der Waals surface area contributed by atoms with Gasteiger partial charge in [-0.15, -0.1) is 0 Å². The average molecular weight is 305 g/mol. The van der Waals surface area contributed by atoms with Crippen molar-refractivity contribution in [3.8, 4) is 11.5 Å². The zero-order valence-electron chi connectivity index (χ0n) is 14.9. The summed E-state index contributed by atoms with van der Waals surface area (Å²) in [6.45, 7) is 14.0. The van der Waals surface area contributed by atoms with Crippen molar-refractivity contribution in [3.63, 3.8) is 0 Å². The maximum Gasteiger partial charge on any atom is 0.125 e. The molecular formula is C19H31NO2. The van der Waals surface area contributed by atoms with Crippen LogP contribution >= 0.6 is 0 Å². The van der Waals surface area contributed by atoms with Crippen molar-refractivity contribution in [3.05, 3.63) is 23.8 Å². The van der Waals surface area contributed by atoms with Crippen LogP contribution in [0.5, 0.6) is 11.5 Å². The van der Waals surface area contributed by atoms with Crippen LogP contribution in [0.1, 0.15) is 66.0 Å². The van der Waals surface area contributed by atoms with Gasteiger partial charge in [-0.05, 0) is 57.9 Å². The van der Waals surface area contributed by atoms with Gasteiger partial charge in [-0.25, -0.2) is 0 Å². The molecule has 2 unspecified atom stereocenters. The van der Waals surface area contributed by atoms with Crippen LogP contribution in [0.15, 0.2) is 18.2 Å². The van der Waals surface area contributed by atoms with E-state index in [-0.39, 0.29) is 11.7 Å². The first-order valence-electron chi connectivity index (χ1n) is 8.56. The van der Waals surface area contributed by atoms with E-state index in [1.807, 2.05) is 6.07 Å². The predicted octanol–water partition coefficient (Wildman–Crippen LogP) is 4.71. The van der Waals surface area contributed by atoms with Crippen LogP contribution in [0.25, 0.3) is 0 Å². The van der Waals surface area contributed by atoms with E-state index in [0.29, 0.717) is 12.0 Å². The zero-order chi connectivity index (χ0) is 16.3. The predicted molar refractivity (Wildman–Crippen MR) is 91.7 cm³/mol. The first kappa shape index (κ1) is 17.1. The normalized spacial score (nSPS) is 24.3. The highest BCUT2D eigenvalue weighted by molar-refractivity contribution is 5.44. The average Bonchev–Trinajstić information content (AvgIpc) is 2.44. The van der Waals surface area contributed by atoms with Crippen LogP contribution in [-0.4, -0.2) is 18.2 Å². The molecule has 1 heterocycles. The number of rotatable bonds is 6. The van der Waals surface area contributed by atoms with Gasteiger partial charge in [0.15, 0.2) is 0 Å². The zero-order valence-corrected chi connectivity index (χ0v) is 14.9. The molecule has 124 valence electrons. The molecule has 3 heteroatoms. The molecule has 0 aliphatic carbocycles. The standard InChI is InChI=1S/C19H31NO2/c1-7-19(6)11-17(20-12-13(2)3)16-10-15(21-14(4)5)8-9-18(16)22-19/h8-10,13-14,17,20H,7,11-12H2,1-6H3. The Morgan fingerprint density at radius 1 is 1.32 bits per heavy atom. The Morgan fingerprint density at radius 2 is 2.05 bits per heavy atom. The second-order valence-corrected chi connectivity index (χ2v) is 7.33. The van der Waals surface area contributed by atoms with Crippen molar-refractivity contribution in [2.24, 2.45) is 5.92 Å². The molecule has 22 heavy (non-hydrogen) atoms. The van der Waals surface area contributed by atoms with Crippen LogP contribution in [0.4, 0.5) is 0 Å². The summed E-state index contributed by atoms with van der Waals surface area (Å²) in [4.78, 5) is 0. The third-order valence-electron chi connectivity index (χ3n) is 4.24. The van der Waals surface area contributed by atoms with E-state index in [2.05, 4.69) is 59.0 Å². The highest BCUT2D eigenvalue weighted by Gasteiger charge is 2.36. The molecule has 2 rings (SSSR count). The molecule has 0 spiro atoms. The molecule has 0 amide bonds. The molecule has 0 fully saturated rings. The second kappa shape index (κ2) is 6.91. The van der Waals surface area contributed by atoms with Crippen molar-refractivity contribution < 1.29 is 9.47 Å². The van der Waals surface area contributed by atoms with Crippen molar-refractivity contribution in [1.82, 2.24) is 5.32 Å². The number of hydrogen-bond donors (Lipinski definition) is 1. The Morgan fingerprint density at radius 3 is 2.64 bits per heavy atom. The molecule has 1 aromatic carbocycles. The summed E-state index contributed by atoms with van der Waals surface area (Å²) in [5, 5.41) is 3.71. The Bertz CT molecular complexity index is 498. The smallest absolute Gasteiger partial charge is 0.125 e. The SMILES string of the molecule is CCC1(C)CC(NCC(C)C)c2cc(OC(C)C)ccc2O1. The summed E-state index contributed by atoms with van der Waals surface area (Å²) in [6.07, 6.45) is 2.19. The minimum atomic E-state index is -0.0952. The van der Waals surface area contributed by atoms with Gasteiger partial charge < -0.3 is 14.8 Å². The topological polar surface area (TPSA) is 30.5 Å². The Labute approximate surface area is 135 Å². The second-order valence-electron chi connectivity index (χ2n) is 7.33. The molecule has 3 nitrogen and oxygen atoms in total. The molecule has 1 aromatic rings. The highest BCUT2D eigenvalue weighted by Crippen LogP contribution is 2.42. The summed E-state index contributed by atoms with van der Waals surface area (Å²) in [6, 6.07) is 6.54. The van der Waals surface area contributed by atoms with Crippen molar-refractivity contribution in [1.29, 1.82) is 0 Å². The monoisotopic (exact) mass is 305 g/mol. The van der Waals surface area contributed by atoms with Crippen LogP contribution in [0.2, 0.25) is 0 Å². The third-order valence-corrected chi connectivity index (χ3v) is 4.24. The third kappa shape index (κ3) is 4.16. The number of nitrogens with one attached hydrogen (secondary N) is 1. The lowest BCUT2D eigenvalue weighted by atomic mass is 9.86. The molecule has 0 radical (unpaired) electrons. The fourth-order valence-electron chi connectivity index (χ4n) is 2.86. The number of hydrogen-bond acceptors (Lipinski definition) is 3. The quantitative estimate of drug-likeness (QED) is 0.825. The summed E-state index contributed by atoms with van der Waals surface area (Å²) in [5.41, 5.74) is 1.13. The molecule has 0 bridgehead atoms. The Kier molecular flexibility index (Phi) is 5.38. The van der Waals surface area contributed by atoms with Gasteiger partial charge in [0.25, 0.3) is 0 Å². The molecule has 1 aliphatic heterocycles. The van der Waals surface area contributed by atoms with Gasteiger partial charge in [0.2, 0.25) is 0 Å². The van der Waals surface area contributed by atoms with E-state index in [1.165, 1.54) is 5.56 Å². The fraction of sp³-hybridized carbons (Fsp3) is 0.684. The summed E-state index contributed by atoms with van der Waals surface area (Å²) in [7, 11) is 0.